The van der Waals surface area contributed by atoms with Gasteiger partial charge in [0.2, 0.25) is 0 Å². The maximum Gasteiger partial charge on any atom is 0.0942 e. The molecule has 4 unspecified atom stereocenters. The first-order valence-electron chi connectivity index (χ1n) is 8.07. The Morgan fingerprint density at radius 2 is 1.45 bits per heavy atom. The second kappa shape index (κ2) is 8.43. The Morgan fingerprint density at radius 3 is 1.90 bits per heavy atom. The molecule has 1 aromatic rings. The van der Waals surface area contributed by atoms with E-state index in [2.05, 4.69) is 64.2 Å². The summed E-state index contributed by atoms with van der Waals surface area (Å²) in [5.41, 5.74) is 2.37. The molecule has 1 aromatic carbocycles. The number of aliphatic hydroxyl groups is 1. The average molecular weight is 277 g/mol. The lowest BCUT2D eigenvalue weighted by Gasteiger charge is -2.26. The molecule has 0 aliphatic carbocycles. The van der Waals surface area contributed by atoms with Gasteiger partial charge in [0.25, 0.3) is 0 Å². The van der Waals surface area contributed by atoms with Crippen LogP contribution in [0.3, 0.4) is 0 Å². The van der Waals surface area contributed by atoms with Crippen molar-refractivity contribution >= 4 is 0 Å². The van der Waals surface area contributed by atoms with E-state index in [1.807, 2.05) is 0 Å². The zero-order chi connectivity index (χ0) is 15.1. The number of hydrogen-bond donors (Lipinski definition) is 2. The van der Waals surface area contributed by atoms with E-state index in [1.165, 1.54) is 5.56 Å². The van der Waals surface area contributed by atoms with Crippen molar-refractivity contribution in [2.24, 2.45) is 0 Å². The second-order valence-electron chi connectivity index (χ2n) is 5.91. The van der Waals surface area contributed by atoms with Gasteiger partial charge in [-0.3, -0.25) is 0 Å². The molecule has 0 amide bonds. The molecular formula is C18H31NO. The molecule has 0 spiro atoms. The summed E-state index contributed by atoms with van der Waals surface area (Å²) in [7, 11) is 0. The third kappa shape index (κ3) is 4.60. The lowest BCUT2D eigenvalue weighted by molar-refractivity contribution is 0.120. The van der Waals surface area contributed by atoms with Crippen LogP contribution in [0.4, 0.5) is 0 Å². The smallest absolute Gasteiger partial charge is 0.0942 e. The maximum absolute atomic E-state index is 10.5. The first-order valence-corrected chi connectivity index (χ1v) is 8.07. The molecule has 2 N–H and O–H groups in total. The minimum atomic E-state index is -0.431. The van der Waals surface area contributed by atoms with E-state index >= 15 is 0 Å². The van der Waals surface area contributed by atoms with Gasteiger partial charge < -0.3 is 10.4 Å². The summed E-state index contributed by atoms with van der Waals surface area (Å²) in [6.45, 7) is 10.9. The summed E-state index contributed by atoms with van der Waals surface area (Å²) in [4.78, 5) is 0. The Balaban J connectivity index is 2.76. The average Bonchev–Trinajstić information content (AvgIpc) is 2.50. The Kier molecular flexibility index (Phi) is 7.25. The van der Waals surface area contributed by atoms with Gasteiger partial charge in [0.15, 0.2) is 0 Å². The van der Waals surface area contributed by atoms with Crippen LogP contribution in [0.15, 0.2) is 24.3 Å². The molecule has 0 aromatic heterocycles. The van der Waals surface area contributed by atoms with Crippen LogP contribution in [0, 0.1) is 0 Å². The summed E-state index contributed by atoms with van der Waals surface area (Å²) in [5.74, 6) is 0.585. The SMILES string of the molecule is CCC(C)NC(CC)C(O)c1ccc(C(C)CC)cc1. The van der Waals surface area contributed by atoms with E-state index < -0.39 is 6.10 Å². The molecule has 2 heteroatoms. The summed E-state index contributed by atoms with van der Waals surface area (Å²) in [6.07, 6.45) is 2.73. The fraction of sp³-hybridized carbons (Fsp3) is 0.667. The van der Waals surface area contributed by atoms with Gasteiger partial charge in [0, 0.05) is 12.1 Å². The summed E-state index contributed by atoms with van der Waals surface area (Å²) in [6, 6.07) is 9.03. The lowest BCUT2D eigenvalue weighted by atomic mass is 9.94. The topological polar surface area (TPSA) is 32.3 Å². The lowest BCUT2D eigenvalue weighted by Crippen LogP contribution is -2.40. The molecule has 0 saturated carbocycles. The van der Waals surface area contributed by atoms with E-state index in [-0.39, 0.29) is 6.04 Å². The Hall–Kier alpha value is -0.860. The van der Waals surface area contributed by atoms with Gasteiger partial charge in [0.1, 0.15) is 0 Å². The van der Waals surface area contributed by atoms with Crippen molar-refractivity contribution in [2.75, 3.05) is 0 Å². The van der Waals surface area contributed by atoms with Crippen LogP contribution in [0.5, 0.6) is 0 Å². The number of nitrogens with one attached hydrogen (secondary N) is 1. The van der Waals surface area contributed by atoms with Crippen LogP contribution in [0.25, 0.3) is 0 Å². The number of aliphatic hydroxyl groups excluding tert-OH is 1. The number of benzene rings is 1. The molecule has 4 atom stereocenters. The number of hydrogen-bond acceptors (Lipinski definition) is 2. The van der Waals surface area contributed by atoms with Crippen molar-refractivity contribution in [3.8, 4) is 0 Å². The van der Waals surface area contributed by atoms with E-state index in [4.69, 9.17) is 0 Å². The fourth-order valence-corrected chi connectivity index (χ4v) is 2.41. The van der Waals surface area contributed by atoms with Crippen molar-refractivity contribution < 1.29 is 5.11 Å². The van der Waals surface area contributed by atoms with Crippen molar-refractivity contribution in [1.82, 2.24) is 5.32 Å². The standard InChI is InChI=1S/C18H31NO/c1-6-13(4)15-9-11-16(12-10-15)18(20)17(8-3)19-14(5)7-2/h9-14,17-20H,6-8H2,1-5H3. The quantitative estimate of drug-likeness (QED) is 0.738. The van der Waals surface area contributed by atoms with Crippen molar-refractivity contribution in [3.05, 3.63) is 35.4 Å². The summed E-state index contributed by atoms with van der Waals surface area (Å²) >= 11 is 0. The molecule has 0 saturated heterocycles. The molecular weight excluding hydrogens is 246 g/mol. The molecule has 114 valence electrons. The van der Waals surface area contributed by atoms with Gasteiger partial charge in [-0.25, -0.2) is 0 Å². The van der Waals surface area contributed by atoms with Crippen LogP contribution in [-0.2, 0) is 0 Å². The minimum absolute atomic E-state index is 0.124. The third-order valence-electron chi connectivity index (χ3n) is 4.39. The summed E-state index contributed by atoms with van der Waals surface area (Å²) in [5, 5.41) is 14.1. The van der Waals surface area contributed by atoms with Crippen molar-refractivity contribution in [1.29, 1.82) is 0 Å². The van der Waals surface area contributed by atoms with E-state index in [1.54, 1.807) is 0 Å². The highest BCUT2D eigenvalue weighted by Gasteiger charge is 2.20. The molecule has 0 bridgehead atoms. The van der Waals surface area contributed by atoms with Crippen LogP contribution in [-0.4, -0.2) is 17.2 Å². The van der Waals surface area contributed by atoms with Crippen LogP contribution < -0.4 is 5.32 Å². The molecule has 20 heavy (non-hydrogen) atoms. The third-order valence-corrected chi connectivity index (χ3v) is 4.39. The molecule has 1 rings (SSSR count). The predicted molar refractivity (Wildman–Crippen MR) is 87.1 cm³/mol. The highest BCUT2D eigenvalue weighted by atomic mass is 16.3. The monoisotopic (exact) mass is 277 g/mol. The molecule has 0 aliphatic rings. The highest BCUT2D eigenvalue weighted by molar-refractivity contribution is 5.27. The zero-order valence-corrected chi connectivity index (χ0v) is 13.7. The zero-order valence-electron chi connectivity index (χ0n) is 13.7. The van der Waals surface area contributed by atoms with Gasteiger partial charge in [-0.15, -0.1) is 0 Å². The van der Waals surface area contributed by atoms with Crippen molar-refractivity contribution in [2.45, 2.75) is 78.0 Å². The molecule has 0 aliphatic heterocycles. The first-order chi connectivity index (χ1) is 9.53. The largest absolute Gasteiger partial charge is 0.387 e. The molecule has 0 radical (unpaired) electrons. The first kappa shape index (κ1) is 17.2. The fourth-order valence-electron chi connectivity index (χ4n) is 2.41. The van der Waals surface area contributed by atoms with Crippen LogP contribution in [0.2, 0.25) is 0 Å². The van der Waals surface area contributed by atoms with Crippen LogP contribution >= 0.6 is 0 Å². The van der Waals surface area contributed by atoms with Crippen molar-refractivity contribution in [3.63, 3.8) is 0 Å². The van der Waals surface area contributed by atoms with Gasteiger partial charge in [-0.2, -0.15) is 0 Å². The van der Waals surface area contributed by atoms with Gasteiger partial charge >= 0.3 is 0 Å². The second-order valence-corrected chi connectivity index (χ2v) is 5.91. The summed E-state index contributed by atoms with van der Waals surface area (Å²) < 4.78 is 0. The van der Waals surface area contributed by atoms with Gasteiger partial charge in [0.05, 0.1) is 6.10 Å². The molecule has 0 heterocycles. The predicted octanol–water partition coefficient (Wildman–Crippen LogP) is 4.40. The Morgan fingerprint density at radius 1 is 0.900 bits per heavy atom. The maximum atomic E-state index is 10.5. The van der Waals surface area contributed by atoms with E-state index in [9.17, 15) is 5.11 Å². The molecule has 2 nitrogen and oxygen atoms in total. The van der Waals surface area contributed by atoms with E-state index in [0.29, 0.717) is 12.0 Å². The Bertz CT molecular complexity index is 374. The normalized spacial score (nSPS) is 17.5. The minimum Gasteiger partial charge on any atom is -0.387 e. The highest BCUT2D eigenvalue weighted by Crippen LogP contribution is 2.24. The number of rotatable bonds is 8. The van der Waals surface area contributed by atoms with Crippen LogP contribution in [0.1, 0.15) is 77.0 Å². The van der Waals surface area contributed by atoms with Gasteiger partial charge in [-0.05, 0) is 43.2 Å². The molecule has 0 fully saturated rings. The Labute approximate surface area is 124 Å². The van der Waals surface area contributed by atoms with E-state index in [0.717, 1.165) is 24.8 Å². The van der Waals surface area contributed by atoms with Gasteiger partial charge in [-0.1, -0.05) is 52.0 Å².